The van der Waals surface area contributed by atoms with E-state index in [9.17, 15) is 4.79 Å². The van der Waals surface area contributed by atoms with E-state index in [4.69, 9.17) is 9.47 Å². The zero-order valence-electron chi connectivity index (χ0n) is 11.8. The van der Waals surface area contributed by atoms with Crippen molar-refractivity contribution in [3.8, 4) is 11.5 Å². The summed E-state index contributed by atoms with van der Waals surface area (Å²) < 4.78 is 16.0. The van der Waals surface area contributed by atoms with Gasteiger partial charge in [-0.05, 0) is 19.0 Å². The van der Waals surface area contributed by atoms with Gasteiger partial charge in [-0.1, -0.05) is 12.1 Å². The number of para-hydroxylation sites is 1. The number of carbonyl (C=O) groups is 1. The highest BCUT2D eigenvalue weighted by Crippen LogP contribution is 2.33. The quantitative estimate of drug-likeness (QED) is 0.636. The summed E-state index contributed by atoms with van der Waals surface area (Å²) >= 11 is 0. The number of benzene rings is 1. The molecule has 20 heavy (non-hydrogen) atoms. The Kier molecular flexibility index (Phi) is 5.68. The van der Waals surface area contributed by atoms with Crippen LogP contribution in [0.15, 0.2) is 18.2 Å². The second-order valence-electron chi connectivity index (χ2n) is 4.65. The highest BCUT2D eigenvalue weighted by Gasteiger charge is 2.13. The van der Waals surface area contributed by atoms with E-state index in [0.717, 1.165) is 36.4 Å². The Hall–Kier alpha value is -1.75. The summed E-state index contributed by atoms with van der Waals surface area (Å²) in [5.74, 6) is 1.49. The lowest BCUT2D eigenvalue weighted by molar-refractivity contribution is -0.140. The second-order valence-corrected chi connectivity index (χ2v) is 4.65. The number of rotatable bonds is 6. The molecule has 0 amide bonds. The van der Waals surface area contributed by atoms with Crippen LogP contribution in [0.1, 0.15) is 24.8 Å². The minimum Gasteiger partial charge on any atom is -0.490 e. The van der Waals surface area contributed by atoms with Gasteiger partial charge in [0.2, 0.25) is 0 Å². The topological polar surface area (TPSA) is 56.8 Å². The van der Waals surface area contributed by atoms with Gasteiger partial charge in [0.15, 0.2) is 11.5 Å². The van der Waals surface area contributed by atoms with Crippen molar-refractivity contribution in [1.82, 2.24) is 5.32 Å². The lowest BCUT2D eigenvalue weighted by atomic mass is 10.2. The number of nitrogens with one attached hydrogen (secondary N) is 1. The maximum Gasteiger partial charge on any atom is 0.305 e. The number of hydrogen-bond acceptors (Lipinski definition) is 5. The highest BCUT2D eigenvalue weighted by molar-refractivity contribution is 5.69. The molecule has 0 saturated carbocycles. The number of esters is 1. The van der Waals surface area contributed by atoms with Gasteiger partial charge in [-0.25, -0.2) is 0 Å². The molecule has 0 aromatic heterocycles. The van der Waals surface area contributed by atoms with E-state index >= 15 is 0 Å². The van der Waals surface area contributed by atoms with E-state index in [1.54, 1.807) is 0 Å². The number of fused-ring (bicyclic) bond motifs is 1. The molecule has 0 saturated heterocycles. The van der Waals surface area contributed by atoms with E-state index in [2.05, 4.69) is 10.1 Å². The average Bonchev–Trinajstić information content (AvgIpc) is 2.72. The van der Waals surface area contributed by atoms with Crippen molar-refractivity contribution in [2.45, 2.75) is 25.8 Å². The Morgan fingerprint density at radius 1 is 1.35 bits per heavy atom. The standard InChI is InChI=1S/C15H21NO4/c1-18-14(17)7-3-8-16-11-12-5-2-6-13-15(12)20-10-4-9-19-13/h2,5-6,16H,3-4,7-11H2,1H3. The predicted octanol–water partition coefficient (Wildman–Crippen LogP) is 1.89. The van der Waals surface area contributed by atoms with E-state index in [-0.39, 0.29) is 5.97 Å². The molecular formula is C15H21NO4. The third-order valence-electron chi connectivity index (χ3n) is 3.13. The van der Waals surface area contributed by atoms with E-state index in [1.165, 1.54) is 7.11 Å². The smallest absolute Gasteiger partial charge is 0.305 e. The summed E-state index contributed by atoms with van der Waals surface area (Å²) in [5, 5.41) is 3.31. The molecule has 1 aromatic rings. The Morgan fingerprint density at radius 2 is 2.20 bits per heavy atom. The van der Waals surface area contributed by atoms with Gasteiger partial charge < -0.3 is 19.5 Å². The first-order valence-electron chi connectivity index (χ1n) is 6.96. The molecule has 110 valence electrons. The van der Waals surface area contributed by atoms with E-state index in [1.807, 2.05) is 18.2 Å². The summed E-state index contributed by atoms with van der Waals surface area (Å²) in [6.45, 7) is 2.85. The third-order valence-corrected chi connectivity index (χ3v) is 3.13. The molecular weight excluding hydrogens is 258 g/mol. The summed E-state index contributed by atoms with van der Waals surface area (Å²) in [6.07, 6.45) is 2.11. The van der Waals surface area contributed by atoms with Crippen LogP contribution in [0.3, 0.4) is 0 Å². The molecule has 0 aliphatic carbocycles. The molecule has 0 fully saturated rings. The van der Waals surface area contributed by atoms with Gasteiger partial charge in [-0.15, -0.1) is 0 Å². The van der Waals surface area contributed by atoms with E-state index in [0.29, 0.717) is 26.2 Å². The van der Waals surface area contributed by atoms with Gasteiger partial charge >= 0.3 is 5.97 Å². The normalized spacial score (nSPS) is 13.7. The highest BCUT2D eigenvalue weighted by atomic mass is 16.5. The van der Waals surface area contributed by atoms with Crippen LogP contribution in [0.5, 0.6) is 11.5 Å². The Balaban J connectivity index is 1.82. The van der Waals surface area contributed by atoms with Crippen LogP contribution >= 0.6 is 0 Å². The van der Waals surface area contributed by atoms with Crippen LogP contribution in [0, 0.1) is 0 Å². The summed E-state index contributed by atoms with van der Waals surface area (Å²) in [6, 6.07) is 5.93. The van der Waals surface area contributed by atoms with Crippen LogP contribution < -0.4 is 14.8 Å². The second kappa shape index (κ2) is 7.75. The molecule has 1 aliphatic heterocycles. The molecule has 5 heteroatoms. The average molecular weight is 279 g/mol. The minimum atomic E-state index is -0.169. The third kappa shape index (κ3) is 4.13. The molecule has 0 spiro atoms. The fraction of sp³-hybridized carbons (Fsp3) is 0.533. The first kappa shape index (κ1) is 14.7. The van der Waals surface area contributed by atoms with Gasteiger partial charge in [0, 0.05) is 24.9 Å². The monoisotopic (exact) mass is 279 g/mol. The van der Waals surface area contributed by atoms with Gasteiger partial charge in [-0.2, -0.15) is 0 Å². The van der Waals surface area contributed by atoms with Crippen LogP contribution in [0.25, 0.3) is 0 Å². The van der Waals surface area contributed by atoms with Crippen molar-refractivity contribution in [3.05, 3.63) is 23.8 Å². The molecule has 1 heterocycles. The van der Waals surface area contributed by atoms with Gasteiger partial charge in [-0.3, -0.25) is 4.79 Å². The van der Waals surface area contributed by atoms with Gasteiger partial charge in [0.05, 0.1) is 20.3 Å². The predicted molar refractivity (Wildman–Crippen MR) is 75.0 cm³/mol. The zero-order valence-corrected chi connectivity index (χ0v) is 11.8. The lowest BCUT2D eigenvalue weighted by Gasteiger charge is -2.12. The maximum atomic E-state index is 11.0. The Labute approximate surface area is 119 Å². The number of hydrogen-bond donors (Lipinski definition) is 1. The Bertz CT molecular complexity index is 447. The molecule has 1 aromatic carbocycles. The number of methoxy groups -OCH3 is 1. The first-order chi connectivity index (χ1) is 9.81. The minimum absolute atomic E-state index is 0.169. The summed E-state index contributed by atoms with van der Waals surface area (Å²) in [7, 11) is 1.41. The van der Waals surface area contributed by atoms with Crippen molar-refractivity contribution in [3.63, 3.8) is 0 Å². The first-order valence-corrected chi connectivity index (χ1v) is 6.96. The molecule has 0 bridgehead atoms. The summed E-state index contributed by atoms with van der Waals surface area (Å²) in [4.78, 5) is 11.0. The van der Waals surface area contributed by atoms with Crippen molar-refractivity contribution in [2.24, 2.45) is 0 Å². The lowest BCUT2D eigenvalue weighted by Crippen LogP contribution is -2.16. The molecule has 1 aliphatic rings. The largest absolute Gasteiger partial charge is 0.490 e. The molecule has 5 nitrogen and oxygen atoms in total. The molecule has 0 unspecified atom stereocenters. The fourth-order valence-corrected chi connectivity index (χ4v) is 2.08. The maximum absolute atomic E-state index is 11.0. The SMILES string of the molecule is COC(=O)CCCNCc1cccc2c1OCCCO2. The number of carbonyl (C=O) groups excluding carboxylic acids is 1. The molecule has 0 radical (unpaired) electrons. The van der Waals surface area contributed by atoms with Crippen molar-refractivity contribution >= 4 is 5.97 Å². The molecule has 2 rings (SSSR count). The van der Waals surface area contributed by atoms with Crippen LogP contribution in [0.4, 0.5) is 0 Å². The van der Waals surface area contributed by atoms with Crippen molar-refractivity contribution in [2.75, 3.05) is 26.9 Å². The molecule has 1 N–H and O–H groups in total. The molecule has 0 atom stereocenters. The van der Waals surface area contributed by atoms with E-state index < -0.39 is 0 Å². The number of ether oxygens (including phenoxy) is 3. The van der Waals surface area contributed by atoms with Crippen LogP contribution in [0.2, 0.25) is 0 Å². The Morgan fingerprint density at radius 3 is 3.05 bits per heavy atom. The van der Waals surface area contributed by atoms with Crippen LogP contribution in [-0.2, 0) is 16.1 Å². The summed E-state index contributed by atoms with van der Waals surface area (Å²) in [5.41, 5.74) is 1.09. The zero-order chi connectivity index (χ0) is 14.2. The van der Waals surface area contributed by atoms with Crippen molar-refractivity contribution < 1.29 is 19.0 Å². The van der Waals surface area contributed by atoms with Gasteiger partial charge in [0.1, 0.15) is 0 Å². The van der Waals surface area contributed by atoms with Gasteiger partial charge in [0.25, 0.3) is 0 Å². The van der Waals surface area contributed by atoms with Crippen molar-refractivity contribution in [1.29, 1.82) is 0 Å². The van der Waals surface area contributed by atoms with Crippen LogP contribution in [-0.4, -0.2) is 32.8 Å². The fourth-order valence-electron chi connectivity index (χ4n) is 2.08.